The number of piperidine rings is 1. The summed E-state index contributed by atoms with van der Waals surface area (Å²) < 4.78 is 0. The van der Waals surface area contributed by atoms with Crippen molar-refractivity contribution in [2.45, 2.75) is 59.0 Å². The Hall–Kier alpha value is -1.59. The highest BCUT2D eigenvalue weighted by molar-refractivity contribution is 5.75. The number of piperazine rings is 1. The molecule has 5 nitrogen and oxygen atoms in total. The molecule has 1 aromatic rings. The smallest absolute Gasteiger partial charge is 0.317 e. The monoisotopic (exact) mass is 386 g/mol. The maximum Gasteiger partial charge on any atom is 0.317 e. The molecule has 2 aliphatic heterocycles. The fraction of sp³-hybridized carbons (Fsp3) is 0.696. The van der Waals surface area contributed by atoms with Crippen LogP contribution in [0, 0.1) is 13.8 Å². The van der Waals surface area contributed by atoms with Gasteiger partial charge in [0, 0.05) is 45.3 Å². The number of carbonyl (C=O) groups is 1. The van der Waals surface area contributed by atoms with E-state index in [0.717, 1.165) is 38.9 Å². The molecule has 5 heteroatoms. The Morgan fingerprint density at radius 2 is 1.75 bits per heavy atom. The van der Waals surface area contributed by atoms with Gasteiger partial charge in [-0.25, -0.2) is 4.79 Å². The van der Waals surface area contributed by atoms with Gasteiger partial charge in [0.1, 0.15) is 0 Å². The number of hydrogen-bond acceptors (Lipinski definition) is 3. The van der Waals surface area contributed by atoms with Crippen molar-refractivity contribution in [3.63, 3.8) is 0 Å². The first kappa shape index (κ1) is 21.1. The summed E-state index contributed by atoms with van der Waals surface area (Å²) in [6, 6.07) is 7.34. The van der Waals surface area contributed by atoms with Gasteiger partial charge in [-0.3, -0.25) is 4.90 Å². The standard InChI is InChI=1S/C23H38N4O/c1-5-22(21-8-7-18(3)17-19(21)4)24-23(28)27-11-9-20(10-12-27)26-15-13-25(6-2)14-16-26/h7-8,17,20,22H,5-6,9-16H2,1-4H3,(H,24,28). The number of likely N-dealkylation sites (N-methyl/N-ethyl adjacent to an activating group) is 1. The molecular weight excluding hydrogens is 348 g/mol. The molecule has 0 bridgehead atoms. The van der Waals surface area contributed by atoms with Gasteiger partial charge in [0.2, 0.25) is 0 Å². The second kappa shape index (κ2) is 9.75. The molecule has 2 fully saturated rings. The number of nitrogens with zero attached hydrogens (tertiary/aromatic N) is 3. The van der Waals surface area contributed by atoms with Gasteiger partial charge < -0.3 is 15.1 Å². The largest absolute Gasteiger partial charge is 0.331 e. The summed E-state index contributed by atoms with van der Waals surface area (Å²) in [4.78, 5) is 20.1. The molecule has 0 radical (unpaired) electrons. The second-order valence-corrected chi connectivity index (χ2v) is 8.46. The fourth-order valence-electron chi connectivity index (χ4n) is 4.74. The van der Waals surface area contributed by atoms with Crippen molar-refractivity contribution in [3.8, 4) is 0 Å². The summed E-state index contributed by atoms with van der Waals surface area (Å²) in [5.41, 5.74) is 3.77. The summed E-state index contributed by atoms with van der Waals surface area (Å²) in [5.74, 6) is 0. The van der Waals surface area contributed by atoms with Gasteiger partial charge >= 0.3 is 6.03 Å². The third kappa shape index (κ3) is 5.06. The van der Waals surface area contributed by atoms with Gasteiger partial charge in [-0.15, -0.1) is 0 Å². The van der Waals surface area contributed by atoms with Crippen LogP contribution in [0.2, 0.25) is 0 Å². The van der Waals surface area contributed by atoms with Crippen molar-refractivity contribution < 1.29 is 4.79 Å². The number of benzene rings is 1. The van der Waals surface area contributed by atoms with Crippen LogP contribution < -0.4 is 5.32 Å². The van der Waals surface area contributed by atoms with E-state index < -0.39 is 0 Å². The van der Waals surface area contributed by atoms with Gasteiger partial charge in [0.15, 0.2) is 0 Å². The predicted octanol–water partition coefficient (Wildman–Crippen LogP) is 3.57. The number of hydrogen-bond donors (Lipinski definition) is 1. The topological polar surface area (TPSA) is 38.8 Å². The molecule has 2 saturated heterocycles. The minimum absolute atomic E-state index is 0.0907. The van der Waals surface area contributed by atoms with Crippen molar-refractivity contribution in [2.75, 3.05) is 45.8 Å². The molecule has 2 heterocycles. The van der Waals surface area contributed by atoms with Crippen molar-refractivity contribution in [1.82, 2.24) is 20.0 Å². The van der Waals surface area contributed by atoms with Crippen LogP contribution in [0.25, 0.3) is 0 Å². The summed E-state index contributed by atoms with van der Waals surface area (Å²) in [7, 11) is 0. The highest BCUT2D eigenvalue weighted by Crippen LogP contribution is 2.23. The van der Waals surface area contributed by atoms with Crippen molar-refractivity contribution in [1.29, 1.82) is 0 Å². The Morgan fingerprint density at radius 3 is 2.32 bits per heavy atom. The number of nitrogens with one attached hydrogen (secondary N) is 1. The molecule has 2 amide bonds. The van der Waals surface area contributed by atoms with E-state index in [9.17, 15) is 4.79 Å². The number of carbonyl (C=O) groups excluding carboxylic acids is 1. The van der Waals surface area contributed by atoms with E-state index in [-0.39, 0.29) is 12.1 Å². The van der Waals surface area contributed by atoms with E-state index in [4.69, 9.17) is 0 Å². The first-order chi connectivity index (χ1) is 13.5. The molecule has 0 aliphatic carbocycles. The number of rotatable bonds is 5. The predicted molar refractivity (Wildman–Crippen MR) is 116 cm³/mol. The molecule has 2 aliphatic rings. The zero-order valence-corrected chi connectivity index (χ0v) is 18.2. The quantitative estimate of drug-likeness (QED) is 0.841. The lowest BCUT2D eigenvalue weighted by molar-refractivity contribution is 0.0672. The minimum atomic E-state index is 0.0907. The van der Waals surface area contributed by atoms with Crippen LogP contribution in [0.3, 0.4) is 0 Å². The van der Waals surface area contributed by atoms with Crippen LogP contribution in [0.4, 0.5) is 4.79 Å². The average molecular weight is 387 g/mol. The van der Waals surface area contributed by atoms with Crippen LogP contribution in [-0.4, -0.2) is 72.6 Å². The average Bonchev–Trinajstić information content (AvgIpc) is 2.72. The van der Waals surface area contributed by atoms with Gasteiger partial charge in [-0.2, -0.15) is 0 Å². The van der Waals surface area contributed by atoms with Crippen LogP contribution in [0.15, 0.2) is 18.2 Å². The molecule has 1 atom stereocenters. The molecule has 3 rings (SSSR count). The molecular formula is C23H38N4O. The maximum atomic E-state index is 12.9. The molecule has 0 aromatic heterocycles. The number of likely N-dealkylation sites (tertiary alicyclic amines) is 1. The first-order valence-electron chi connectivity index (χ1n) is 11.1. The highest BCUT2D eigenvalue weighted by atomic mass is 16.2. The zero-order valence-electron chi connectivity index (χ0n) is 18.2. The van der Waals surface area contributed by atoms with Crippen LogP contribution in [0.1, 0.15) is 55.8 Å². The van der Waals surface area contributed by atoms with Gasteiger partial charge in [-0.05, 0) is 50.8 Å². The summed E-state index contributed by atoms with van der Waals surface area (Å²) in [5, 5.41) is 3.29. The molecule has 28 heavy (non-hydrogen) atoms. The van der Waals surface area contributed by atoms with Gasteiger partial charge in [-0.1, -0.05) is 37.6 Å². The van der Waals surface area contributed by atoms with Gasteiger partial charge in [0.05, 0.1) is 6.04 Å². The van der Waals surface area contributed by atoms with E-state index >= 15 is 0 Å². The number of urea groups is 1. The van der Waals surface area contributed by atoms with Crippen molar-refractivity contribution in [2.24, 2.45) is 0 Å². The first-order valence-corrected chi connectivity index (χ1v) is 11.1. The Bertz CT molecular complexity index is 646. The van der Waals surface area contributed by atoms with E-state index in [0.29, 0.717) is 6.04 Å². The van der Waals surface area contributed by atoms with E-state index in [1.807, 2.05) is 4.90 Å². The lowest BCUT2D eigenvalue weighted by Crippen LogP contribution is -2.54. The third-order valence-corrected chi connectivity index (χ3v) is 6.63. The summed E-state index contributed by atoms with van der Waals surface area (Å²) in [6.45, 7) is 16.3. The zero-order chi connectivity index (χ0) is 20.1. The number of aryl methyl sites for hydroxylation is 2. The second-order valence-electron chi connectivity index (χ2n) is 8.46. The number of amides is 2. The Kier molecular flexibility index (Phi) is 7.36. The lowest BCUT2D eigenvalue weighted by atomic mass is 9.97. The molecule has 1 aromatic carbocycles. The Morgan fingerprint density at radius 1 is 1.07 bits per heavy atom. The Balaban J connectivity index is 1.50. The fourth-order valence-corrected chi connectivity index (χ4v) is 4.74. The lowest BCUT2D eigenvalue weighted by Gasteiger charge is -2.42. The molecule has 156 valence electrons. The molecule has 1 N–H and O–H groups in total. The van der Waals surface area contributed by atoms with E-state index in [2.05, 4.69) is 61.0 Å². The summed E-state index contributed by atoms with van der Waals surface area (Å²) >= 11 is 0. The van der Waals surface area contributed by atoms with E-state index in [1.165, 1.54) is 42.9 Å². The van der Waals surface area contributed by atoms with Crippen LogP contribution in [0.5, 0.6) is 0 Å². The normalized spacial score (nSPS) is 20.9. The van der Waals surface area contributed by atoms with Gasteiger partial charge in [0.25, 0.3) is 0 Å². The molecule has 0 saturated carbocycles. The Labute approximate surface area is 171 Å². The van der Waals surface area contributed by atoms with Crippen molar-refractivity contribution >= 4 is 6.03 Å². The molecule has 1 unspecified atom stereocenters. The van der Waals surface area contributed by atoms with Crippen molar-refractivity contribution in [3.05, 3.63) is 34.9 Å². The van der Waals surface area contributed by atoms with Crippen LogP contribution in [-0.2, 0) is 0 Å². The third-order valence-electron chi connectivity index (χ3n) is 6.63. The van der Waals surface area contributed by atoms with E-state index in [1.54, 1.807) is 0 Å². The van der Waals surface area contributed by atoms with Crippen LogP contribution >= 0.6 is 0 Å². The highest BCUT2D eigenvalue weighted by Gasteiger charge is 2.29. The maximum absolute atomic E-state index is 12.9. The summed E-state index contributed by atoms with van der Waals surface area (Å²) in [6.07, 6.45) is 3.10. The minimum Gasteiger partial charge on any atom is -0.331 e. The SMILES string of the molecule is CCC(NC(=O)N1CCC(N2CCN(CC)CC2)CC1)c1ccc(C)cc1C. The molecule has 0 spiro atoms.